The summed E-state index contributed by atoms with van der Waals surface area (Å²) in [7, 11) is 0. The summed E-state index contributed by atoms with van der Waals surface area (Å²) < 4.78 is 27.6. The first-order chi connectivity index (χ1) is 7.68. The summed E-state index contributed by atoms with van der Waals surface area (Å²) in [5.74, 6) is -2.91. The Balaban J connectivity index is 2.21. The van der Waals surface area contributed by atoms with Crippen molar-refractivity contribution in [1.82, 2.24) is 4.98 Å². The highest BCUT2D eigenvalue weighted by atomic mass is 19.3. The monoisotopic (exact) mass is 219 g/mol. The van der Waals surface area contributed by atoms with E-state index in [2.05, 4.69) is 4.98 Å². The van der Waals surface area contributed by atoms with Crippen LogP contribution in [0.2, 0.25) is 0 Å². The average Bonchev–Trinajstić information content (AvgIpc) is 2.31. The Kier molecular flexibility index (Phi) is 2.95. The lowest BCUT2D eigenvalue weighted by molar-refractivity contribution is -0.00834. The minimum atomic E-state index is -2.91. The Morgan fingerprint density at radius 2 is 1.62 bits per heavy atom. The standard InChI is InChI=1S/C13H11F2N/c14-13(15,12-8-4-5-9-16-12)10-11-6-2-1-3-7-11/h1-9H,10H2. The van der Waals surface area contributed by atoms with Gasteiger partial charge in [-0.05, 0) is 17.7 Å². The van der Waals surface area contributed by atoms with Gasteiger partial charge >= 0.3 is 0 Å². The third kappa shape index (κ3) is 2.42. The van der Waals surface area contributed by atoms with Crippen LogP contribution in [0.4, 0.5) is 8.78 Å². The van der Waals surface area contributed by atoms with E-state index in [9.17, 15) is 8.78 Å². The summed E-state index contributed by atoms with van der Waals surface area (Å²) in [5, 5.41) is 0. The molecule has 2 aromatic rings. The Bertz CT molecular complexity index is 440. The van der Waals surface area contributed by atoms with Crippen molar-refractivity contribution in [1.29, 1.82) is 0 Å². The third-order valence-electron chi connectivity index (χ3n) is 2.31. The van der Waals surface area contributed by atoms with Crippen LogP contribution in [0.1, 0.15) is 11.3 Å². The molecule has 0 aliphatic rings. The number of hydrogen-bond acceptors (Lipinski definition) is 1. The molecule has 1 aromatic heterocycles. The predicted octanol–water partition coefficient (Wildman–Crippen LogP) is 3.42. The molecule has 1 heterocycles. The van der Waals surface area contributed by atoms with Gasteiger partial charge in [0.25, 0.3) is 5.92 Å². The highest BCUT2D eigenvalue weighted by Crippen LogP contribution is 2.29. The molecule has 3 heteroatoms. The molecule has 0 atom stereocenters. The molecule has 2 rings (SSSR count). The number of benzene rings is 1. The number of hydrogen-bond donors (Lipinski definition) is 0. The SMILES string of the molecule is FC(F)(Cc1ccccc1)c1ccccn1. The van der Waals surface area contributed by atoms with Crippen LogP contribution in [0, 0.1) is 0 Å². The Hall–Kier alpha value is -1.77. The van der Waals surface area contributed by atoms with E-state index in [1.165, 1.54) is 12.3 Å². The number of aromatic nitrogens is 1. The van der Waals surface area contributed by atoms with E-state index in [1.807, 2.05) is 6.07 Å². The van der Waals surface area contributed by atoms with E-state index in [0.29, 0.717) is 5.56 Å². The van der Waals surface area contributed by atoms with Crippen molar-refractivity contribution in [2.45, 2.75) is 12.3 Å². The largest absolute Gasteiger partial charge is 0.293 e. The average molecular weight is 219 g/mol. The molecule has 1 nitrogen and oxygen atoms in total. The predicted molar refractivity (Wildman–Crippen MR) is 58.3 cm³/mol. The second-order valence-corrected chi connectivity index (χ2v) is 3.58. The van der Waals surface area contributed by atoms with Crippen LogP contribution < -0.4 is 0 Å². The Morgan fingerprint density at radius 3 is 2.25 bits per heavy atom. The second kappa shape index (κ2) is 4.39. The maximum atomic E-state index is 13.8. The third-order valence-corrected chi connectivity index (χ3v) is 2.31. The zero-order valence-corrected chi connectivity index (χ0v) is 8.61. The zero-order chi connectivity index (χ0) is 11.4. The van der Waals surface area contributed by atoms with Gasteiger partial charge in [-0.1, -0.05) is 36.4 Å². The molecule has 0 N–H and O–H groups in total. The molecule has 0 amide bonds. The molecule has 0 fully saturated rings. The molecule has 0 aliphatic heterocycles. The second-order valence-electron chi connectivity index (χ2n) is 3.58. The number of halogens is 2. The zero-order valence-electron chi connectivity index (χ0n) is 8.61. The topological polar surface area (TPSA) is 12.9 Å². The van der Waals surface area contributed by atoms with Gasteiger partial charge in [0, 0.05) is 12.6 Å². The van der Waals surface area contributed by atoms with Crippen molar-refractivity contribution in [2.75, 3.05) is 0 Å². The molecule has 0 aliphatic carbocycles. The molecule has 1 aromatic carbocycles. The van der Waals surface area contributed by atoms with Crippen molar-refractivity contribution < 1.29 is 8.78 Å². The summed E-state index contributed by atoms with van der Waals surface area (Å²) in [6.07, 6.45) is 1.07. The molecule has 0 spiro atoms. The quantitative estimate of drug-likeness (QED) is 0.770. The number of rotatable bonds is 3. The van der Waals surface area contributed by atoms with E-state index < -0.39 is 5.92 Å². The molecular formula is C13H11F2N. The molecule has 16 heavy (non-hydrogen) atoms. The van der Waals surface area contributed by atoms with E-state index in [-0.39, 0.29) is 12.1 Å². The smallest absolute Gasteiger partial charge is 0.255 e. The van der Waals surface area contributed by atoms with Crippen molar-refractivity contribution in [3.8, 4) is 0 Å². The minimum absolute atomic E-state index is 0.182. The van der Waals surface area contributed by atoms with Crippen LogP contribution in [-0.2, 0) is 12.3 Å². The fourth-order valence-electron chi connectivity index (χ4n) is 1.52. The van der Waals surface area contributed by atoms with Gasteiger partial charge in [0.15, 0.2) is 0 Å². The maximum absolute atomic E-state index is 13.8. The van der Waals surface area contributed by atoms with Crippen LogP contribution in [0.5, 0.6) is 0 Å². The molecular weight excluding hydrogens is 208 g/mol. The fraction of sp³-hybridized carbons (Fsp3) is 0.154. The summed E-state index contributed by atoms with van der Waals surface area (Å²) in [5.41, 5.74) is 0.428. The summed E-state index contributed by atoms with van der Waals surface area (Å²) in [6.45, 7) is 0. The van der Waals surface area contributed by atoms with Gasteiger partial charge in [0.2, 0.25) is 0 Å². The van der Waals surface area contributed by atoms with Crippen molar-refractivity contribution in [2.24, 2.45) is 0 Å². The maximum Gasteiger partial charge on any atom is 0.293 e. The van der Waals surface area contributed by atoms with E-state index in [1.54, 1.807) is 36.4 Å². The van der Waals surface area contributed by atoms with E-state index in [4.69, 9.17) is 0 Å². The molecule has 0 saturated carbocycles. The normalized spacial score (nSPS) is 11.4. The van der Waals surface area contributed by atoms with E-state index in [0.717, 1.165) is 0 Å². The number of alkyl halides is 2. The van der Waals surface area contributed by atoms with Crippen molar-refractivity contribution >= 4 is 0 Å². The van der Waals surface area contributed by atoms with Crippen LogP contribution >= 0.6 is 0 Å². The number of pyridine rings is 1. The van der Waals surface area contributed by atoms with Crippen LogP contribution in [0.15, 0.2) is 54.7 Å². The number of nitrogens with zero attached hydrogens (tertiary/aromatic N) is 1. The first-order valence-electron chi connectivity index (χ1n) is 5.02. The van der Waals surface area contributed by atoms with Gasteiger partial charge in [0.1, 0.15) is 5.69 Å². The van der Waals surface area contributed by atoms with Gasteiger partial charge in [-0.25, -0.2) is 0 Å². The van der Waals surface area contributed by atoms with Crippen LogP contribution in [-0.4, -0.2) is 4.98 Å². The van der Waals surface area contributed by atoms with Gasteiger partial charge < -0.3 is 0 Å². The lowest BCUT2D eigenvalue weighted by atomic mass is 10.0. The lowest BCUT2D eigenvalue weighted by Gasteiger charge is -2.15. The Morgan fingerprint density at radius 1 is 0.938 bits per heavy atom. The first-order valence-corrected chi connectivity index (χ1v) is 5.02. The Labute approximate surface area is 92.8 Å². The minimum Gasteiger partial charge on any atom is -0.255 e. The molecule has 0 unspecified atom stereocenters. The highest BCUT2D eigenvalue weighted by molar-refractivity contribution is 5.20. The first kappa shape index (κ1) is 10.7. The van der Waals surface area contributed by atoms with Gasteiger partial charge in [0.05, 0.1) is 0 Å². The fourth-order valence-corrected chi connectivity index (χ4v) is 1.52. The lowest BCUT2D eigenvalue weighted by Crippen LogP contribution is -2.18. The molecule has 0 bridgehead atoms. The van der Waals surface area contributed by atoms with Crippen LogP contribution in [0.3, 0.4) is 0 Å². The molecule has 82 valence electrons. The summed E-state index contributed by atoms with van der Waals surface area (Å²) in [6, 6.07) is 13.2. The van der Waals surface area contributed by atoms with Gasteiger partial charge in [-0.3, -0.25) is 4.98 Å². The van der Waals surface area contributed by atoms with Gasteiger partial charge in [-0.2, -0.15) is 8.78 Å². The van der Waals surface area contributed by atoms with Crippen molar-refractivity contribution in [3.05, 3.63) is 66.0 Å². The van der Waals surface area contributed by atoms with Crippen LogP contribution in [0.25, 0.3) is 0 Å². The summed E-state index contributed by atoms with van der Waals surface area (Å²) in [4.78, 5) is 3.70. The van der Waals surface area contributed by atoms with E-state index >= 15 is 0 Å². The molecule has 0 saturated heterocycles. The molecule has 0 radical (unpaired) electrons. The summed E-state index contributed by atoms with van der Waals surface area (Å²) >= 11 is 0. The van der Waals surface area contributed by atoms with Gasteiger partial charge in [-0.15, -0.1) is 0 Å². The van der Waals surface area contributed by atoms with Crippen molar-refractivity contribution in [3.63, 3.8) is 0 Å². The highest BCUT2D eigenvalue weighted by Gasteiger charge is 2.32.